The average Bonchev–Trinajstić information content (AvgIpc) is 2.96. The maximum absolute atomic E-state index is 12.6. The van der Waals surface area contributed by atoms with Crippen LogP contribution in [0.3, 0.4) is 0 Å². The molecule has 0 saturated carbocycles. The summed E-state index contributed by atoms with van der Waals surface area (Å²) < 4.78 is 8.96. The van der Waals surface area contributed by atoms with Crippen LogP contribution < -0.4 is 10.4 Å². The number of aliphatic hydroxyl groups excluding tert-OH is 1. The third kappa shape index (κ3) is 4.51. The van der Waals surface area contributed by atoms with E-state index in [1.54, 1.807) is 16.1 Å². The monoisotopic (exact) mass is 382 g/mol. The van der Waals surface area contributed by atoms with Gasteiger partial charge < -0.3 is 14.6 Å². The van der Waals surface area contributed by atoms with E-state index in [9.17, 15) is 14.7 Å². The molecule has 1 N–H and O–H groups in total. The Morgan fingerprint density at radius 2 is 1.71 bits per heavy atom. The summed E-state index contributed by atoms with van der Waals surface area (Å²) in [6, 6.07) is 15.1. The highest BCUT2D eigenvalue weighted by Gasteiger charge is 2.15. The van der Waals surface area contributed by atoms with Gasteiger partial charge in [0.1, 0.15) is 24.2 Å². The first-order valence-electron chi connectivity index (χ1n) is 9.57. The minimum Gasteiger partial charge on any atom is -0.491 e. The Morgan fingerprint density at radius 1 is 1.07 bits per heavy atom. The number of carbonyl (C=O) groups excluding carboxylic acids is 1. The summed E-state index contributed by atoms with van der Waals surface area (Å²) in [6.45, 7) is 4.35. The zero-order valence-electron chi connectivity index (χ0n) is 16.3. The van der Waals surface area contributed by atoms with Crippen molar-refractivity contribution in [3.63, 3.8) is 0 Å². The fourth-order valence-electron chi connectivity index (χ4n) is 3.28. The molecule has 2 aromatic carbocycles. The number of hydrogen-bond acceptors (Lipinski definition) is 4. The Hall–Kier alpha value is -2.86. The molecule has 0 aliphatic heterocycles. The van der Waals surface area contributed by atoms with Crippen LogP contribution >= 0.6 is 0 Å². The standard InChI is InChI=1S/C22H26N2O4/c1-3-23-20-6-4-5-7-21(20)24(22(23)27)14-18(26)15-28-19-12-10-17(11-13-19)9-8-16(2)25/h4-7,10-13,18,26H,3,8-9,14-15H2,1-2H3/t18-/m1/s1. The smallest absolute Gasteiger partial charge is 0.329 e. The van der Waals surface area contributed by atoms with Gasteiger partial charge in [-0.3, -0.25) is 9.13 Å². The molecule has 6 nitrogen and oxygen atoms in total. The largest absolute Gasteiger partial charge is 0.491 e. The summed E-state index contributed by atoms with van der Waals surface area (Å²) in [5.74, 6) is 0.817. The predicted octanol–water partition coefficient (Wildman–Crippen LogP) is 2.78. The van der Waals surface area contributed by atoms with Gasteiger partial charge in [0, 0.05) is 13.0 Å². The number of ether oxygens (including phenoxy) is 1. The molecule has 0 spiro atoms. The van der Waals surface area contributed by atoms with Crippen molar-refractivity contribution in [1.82, 2.24) is 9.13 Å². The molecule has 1 aromatic heterocycles. The van der Waals surface area contributed by atoms with Gasteiger partial charge in [-0.2, -0.15) is 0 Å². The van der Waals surface area contributed by atoms with E-state index in [1.807, 2.05) is 55.5 Å². The molecule has 0 aliphatic rings. The molecule has 0 amide bonds. The second-order valence-corrected chi connectivity index (χ2v) is 6.94. The van der Waals surface area contributed by atoms with Gasteiger partial charge in [0.05, 0.1) is 17.6 Å². The van der Waals surface area contributed by atoms with Gasteiger partial charge in [0.25, 0.3) is 0 Å². The Balaban J connectivity index is 1.63. The maximum atomic E-state index is 12.6. The third-order valence-corrected chi connectivity index (χ3v) is 4.77. The van der Waals surface area contributed by atoms with Crippen LogP contribution in [0.1, 0.15) is 25.8 Å². The zero-order valence-corrected chi connectivity index (χ0v) is 16.3. The molecular weight excluding hydrogens is 356 g/mol. The summed E-state index contributed by atoms with van der Waals surface area (Å²) in [4.78, 5) is 23.7. The van der Waals surface area contributed by atoms with Crippen LogP contribution in [0, 0.1) is 0 Å². The molecule has 1 heterocycles. The number of rotatable bonds is 9. The molecule has 0 bridgehead atoms. The molecule has 3 aromatic rings. The first-order valence-corrected chi connectivity index (χ1v) is 9.57. The molecular formula is C22H26N2O4. The molecule has 1 atom stereocenters. The lowest BCUT2D eigenvalue weighted by Gasteiger charge is -2.13. The number of Topliss-reactive ketones (excluding diaryl/α,β-unsaturated/α-hetero) is 1. The van der Waals surface area contributed by atoms with E-state index < -0.39 is 6.10 Å². The van der Waals surface area contributed by atoms with Crippen LogP contribution in [-0.4, -0.2) is 32.7 Å². The van der Waals surface area contributed by atoms with E-state index >= 15 is 0 Å². The topological polar surface area (TPSA) is 73.5 Å². The van der Waals surface area contributed by atoms with Crippen molar-refractivity contribution in [3.05, 3.63) is 64.6 Å². The molecule has 148 valence electrons. The number of aliphatic hydroxyl groups is 1. The van der Waals surface area contributed by atoms with Crippen molar-refractivity contribution in [2.24, 2.45) is 0 Å². The van der Waals surface area contributed by atoms with Crippen LogP contribution in [0.15, 0.2) is 53.3 Å². The van der Waals surface area contributed by atoms with Crippen LogP contribution in [-0.2, 0) is 24.3 Å². The van der Waals surface area contributed by atoms with Crippen molar-refractivity contribution >= 4 is 16.8 Å². The molecule has 0 unspecified atom stereocenters. The number of carbonyl (C=O) groups is 1. The lowest BCUT2D eigenvalue weighted by Crippen LogP contribution is -2.31. The van der Waals surface area contributed by atoms with Crippen molar-refractivity contribution in [3.8, 4) is 5.75 Å². The summed E-state index contributed by atoms with van der Waals surface area (Å²) in [5, 5.41) is 10.4. The summed E-state index contributed by atoms with van der Waals surface area (Å²) >= 11 is 0. The average molecular weight is 382 g/mol. The van der Waals surface area contributed by atoms with Gasteiger partial charge in [0.2, 0.25) is 0 Å². The van der Waals surface area contributed by atoms with E-state index in [-0.39, 0.29) is 24.6 Å². The molecule has 3 rings (SSSR count). The highest BCUT2D eigenvalue weighted by molar-refractivity contribution is 5.76. The van der Waals surface area contributed by atoms with E-state index in [1.165, 1.54) is 0 Å². The van der Waals surface area contributed by atoms with Crippen molar-refractivity contribution in [2.75, 3.05) is 6.61 Å². The quantitative estimate of drug-likeness (QED) is 0.618. The first-order chi connectivity index (χ1) is 13.5. The van der Waals surface area contributed by atoms with E-state index in [0.717, 1.165) is 16.6 Å². The second-order valence-electron chi connectivity index (χ2n) is 6.94. The Kier molecular flexibility index (Phi) is 6.31. The number of imidazole rings is 1. The summed E-state index contributed by atoms with van der Waals surface area (Å²) in [6.07, 6.45) is 0.424. The maximum Gasteiger partial charge on any atom is 0.329 e. The van der Waals surface area contributed by atoms with Crippen molar-refractivity contribution in [1.29, 1.82) is 0 Å². The fraction of sp³-hybridized carbons (Fsp3) is 0.364. The lowest BCUT2D eigenvalue weighted by molar-refractivity contribution is -0.116. The SMILES string of the molecule is CCn1c(=O)n(C[C@@H](O)COc2ccc(CCC(C)=O)cc2)c2ccccc21. The van der Waals surface area contributed by atoms with Crippen LogP contribution in [0.25, 0.3) is 11.0 Å². The predicted molar refractivity (Wildman–Crippen MR) is 109 cm³/mol. The normalized spacial score (nSPS) is 12.2. The van der Waals surface area contributed by atoms with Gasteiger partial charge >= 0.3 is 5.69 Å². The molecule has 0 radical (unpaired) electrons. The molecule has 28 heavy (non-hydrogen) atoms. The summed E-state index contributed by atoms with van der Waals surface area (Å²) in [7, 11) is 0. The second kappa shape index (κ2) is 8.89. The Bertz CT molecular complexity index is 1000. The van der Waals surface area contributed by atoms with E-state index in [0.29, 0.717) is 25.1 Å². The van der Waals surface area contributed by atoms with Crippen molar-refractivity contribution < 1.29 is 14.6 Å². The Labute approximate surface area is 164 Å². The molecule has 0 saturated heterocycles. The summed E-state index contributed by atoms with van der Waals surface area (Å²) in [5.41, 5.74) is 2.62. The number of benzene rings is 2. The number of nitrogens with zero attached hydrogens (tertiary/aromatic N) is 2. The number of aromatic nitrogens is 2. The number of para-hydroxylation sites is 2. The molecule has 6 heteroatoms. The highest BCUT2D eigenvalue weighted by atomic mass is 16.5. The zero-order chi connectivity index (χ0) is 20.1. The fourth-order valence-corrected chi connectivity index (χ4v) is 3.28. The number of aryl methyl sites for hydroxylation is 2. The molecule has 0 aliphatic carbocycles. The van der Waals surface area contributed by atoms with Gasteiger partial charge in [-0.15, -0.1) is 0 Å². The number of fused-ring (bicyclic) bond motifs is 1. The van der Waals surface area contributed by atoms with Crippen molar-refractivity contribution in [2.45, 2.75) is 45.9 Å². The van der Waals surface area contributed by atoms with Gasteiger partial charge in [-0.1, -0.05) is 24.3 Å². The van der Waals surface area contributed by atoms with E-state index in [4.69, 9.17) is 4.74 Å². The Morgan fingerprint density at radius 3 is 2.32 bits per heavy atom. The third-order valence-electron chi connectivity index (χ3n) is 4.77. The minimum atomic E-state index is -0.814. The number of ketones is 1. The first kappa shape index (κ1) is 19.9. The minimum absolute atomic E-state index is 0.0882. The van der Waals surface area contributed by atoms with Gasteiger partial charge in [-0.05, 0) is 50.1 Å². The van der Waals surface area contributed by atoms with Crippen LogP contribution in [0.2, 0.25) is 0 Å². The number of hydrogen-bond donors (Lipinski definition) is 1. The van der Waals surface area contributed by atoms with E-state index in [2.05, 4.69) is 0 Å². The highest BCUT2D eigenvalue weighted by Crippen LogP contribution is 2.15. The van der Waals surface area contributed by atoms with Crippen LogP contribution in [0.5, 0.6) is 5.75 Å². The van der Waals surface area contributed by atoms with Gasteiger partial charge in [-0.25, -0.2) is 4.79 Å². The van der Waals surface area contributed by atoms with Crippen LogP contribution in [0.4, 0.5) is 0 Å². The lowest BCUT2D eigenvalue weighted by atomic mass is 10.1. The molecule has 0 fully saturated rings. The van der Waals surface area contributed by atoms with Gasteiger partial charge in [0.15, 0.2) is 0 Å².